The SMILES string of the molecule is COC(=O)C1CN(C(=O)OC(C)(C)C)CCN1S(=O)(=O)c1c(C)cc(OC)cc1C. The smallest absolute Gasteiger partial charge is 0.410 e. The molecule has 1 aliphatic heterocycles. The van der Waals surface area contributed by atoms with Crippen molar-refractivity contribution in [1.82, 2.24) is 9.21 Å². The van der Waals surface area contributed by atoms with Gasteiger partial charge in [-0.3, -0.25) is 4.79 Å². The molecule has 1 aromatic rings. The van der Waals surface area contributed by atoms with Crippen LogP contribution in [0.3, 0.4) is 0 Å². The molecule has 10 heteroatoms. The Morgan fingerprint density at radius 2 is 1.63 bits per heavy atom. The summed E-state index contributed by atoms with van der Waals surface area (Å²) in [6.45, 7) is 8.42. The van der Waals surface area contributed by atoms with E-state index in [-0.39, 0.29) is 24.5 Å². The molecule has 0 aliphatic carbocycles. The van der Waals surface area contributed by atoms with Gasteiger partial charge in [0.2, 0.25) is 10.0 Å². The average molecular weight is 443 g/mol. The first-order chi connectivity index (χ1) is 13.8. The molecule has 168 valence electrons. The number of amides is 1. The molecule has 1 aliphatic rings. The quantitative estimate of drug-likeness (QED) is 0.658. The van der Waals surface area contributed by atoms with Crippen molar-refractivity contribution < 1.29 is 32.2 Å². The topological polar surface area (TPSA) is 102 Å². The van der Waals surface area contributed by atoms with Crippen molar-refractivity contribution in [2.45, 2.75) is 51.2 Å². The van der Waals surface area contributed by atoms with Crippen molar-refractivity contribution in [2.75, 3.05) is 33.9 Å². The van der Waals surface area contributed by atoms with E-state index in [1.165, 1.54) is 19.1 Å². The Balaban J connectivity index is 2.41. The van der Waals surface area contributed by atoms with Gasteiger partial charge in [0.1, 0.15) is 17.4 Å². The predicted octanol–water partition coefficient (Wildman–Crippen LogP) is 2.10. The first-order valence-electron chi connectivity index (χ1n) is 9.54. The molecule has 1 amide bonds. The molecule has 0 radical (unpaired) electrons. The number of nitrogens with zero attached hydrogens (tertiary/aromatic N) is 2. The van der Waals surface area contributed by atoms with Crippen molar-refractivity contribution in [3.05, 3.63) is 23.3 Å². The van der Waals surface area contributed by atoms with E-state index in [0.29, 0.717) is 16.9 Å². The summed E-state index contributed by atoms with van der Waals surface area (Å²) in [5, 5.41) is 0. The highest BCUT2D eigenvalue weighted by molar-refractivity contribution is 7.89. The molecule has 1 aromatic carbocycles. The molecule has 30 heavy (non-hydrogen) atoms. The second-order valence-electron chi connectivity index (χ2n) is 8.17. The zero-order chi connectivity index (χ0) is 22.9. The van der Waals surface area contributed by atoms with Crippen molar-refractivity contribution in [3.63, 3.8) is 0 Å². The van der Waals surface area contributed by atoms with Gasteiger partial charge in [0.15, 0.2) is 0 Å². The first-order valence-corrected chi connectivity index (χ1v) is 11.0. The second-order valence-corrected chi connectivity index (χ2v) is 10.00. The average Bonchev–Trinajstić information content (AvgIpc) is 2.64. The minimum Gasteiger partial charge on any atom is -0.497 e. The zero-order valence-electron chi connectivity index (χ0n) is 18.5. The van der Waals surface area contributed by atoms with Gasteiger partial charge in [0.05, 0.1) is 25.7 Å². The van der Waals surface area contributed by atoms with Crippen molar-refractivity contribution in [1.29, 1.82) is 0 Å². The third kappa shape index (κ3) is 5.04. The zero-order valence-corrected chi connectivity index (χ0v) is 19.3. The van der Waals surface area contributed by atoms with E-state index < -0.39 is 33.7 Å². The van der Waals surface area contributed by atoms with Crippen LogP contribution in [0.1, 0.15) is 31.9 Å². The number of methoxy groups -OCH3 is 2. The van der Waals surface area contributed by atoms with E-state index in [9.17, 15) is 18.0 Å². The monoisotopic (exact) mass is 442 g/mol. The second kappa shape index (κ2) is 8.81. The fourth-order valence-electron chi connectivity index (χ4n) is 3.43. The number of piperazine rings is 1. The lowest BCUT2D eigenvalue weighted by molar-refractivity contribution is -0.146. The maximum atomic E-state index is 13.5. The standard InChI is InChI=1S/C20H30N2O7S/c1-13-10-15(27-6)11-14(2)17(13)30(25,26)22-9-8-21(12-16(22)18(23)28-7)19(24)29-20(3,4)5/h10-11,16H,8-9,12H2,1-7H3. The maximum absolute atomic E-state index is 13.5. The molecular weight excluding hydrogens is 412 g/mol. The predicted molar refractivity (Wildman–Crippen MR) is 110 cm³/mol. The van der Waals surface area contributed by atoms with E-state index in [2.05, 4.69) is 0 Å². The Labute approximate surface area is 177 Å². The van der Waals surface area contributed by atoms with Gasteiger partial charge in [-0.15, -0.1) is 0 Å². The van der Waals surface area contributed by atoms with Gasteiger partial charge in [0.25, 0.3) is 0 Å². The van der Waals surface area contributed by atoms with Crippen LogP contribution in [0.2, 0.25) is 0 Å². The number of rotatable bonds is 4. The molecule has 9 nitrogen and oxygen atoms in total. The van der Waals surface area contributed by atoms with Gasteiger partial charge < -0.3 is 19.1 Å². The number of sulfonamides is 1. The van der Waals surface area contributed by atoms with Crippen LogP contribution >= 0.6 is 0 Å². The third-order valence-electron chi connectivity index (χ3n) is 4.69. The summed E-state index contributed by atoms with van der Waals surface area (Å²) in [5.74, 6) is -0.195. The van der Waals surface area contributed by atoms with E-state index in [1.54, 1.807) is 46.8 Å². The Morgan fingerprint density at radius 3 is 2.10 bits per heavy atom. The number of aryl methyl sites for hydroxylation is 2. The highest BCUT2D eigenvalue weighted by Crippen LogP contribution is 2.30. The third-order valence-corrected chi connectivity index (χ3v) is 6.91. The number of ether oxygens (including phenoxy) is 3. The Bertz CT molecular complexity index is 899. The molecular formula is C20H30N2O7S. The largest absolute Gasteiger partial charge is 0.497 e. The lowest BCUT2D eigenvalue weighted by atomic mass is 10.1. The Hall–Kier alpha value is -2.33. The fourth-order valence-corrected chi connectivity index (χ4v) is 5.40. The molecule has 0 aromatic heterocycles. The minimum atomic E-state index is -4.04. The van der Waals surface area contributed by atoms with Crippen LogP contribution in [0.25, 0.3) is 0 Å². The van der Waals surface area contributed by atoms with Gasteiger partial charge >= 0.3 is 12.1 Å². The lowest BCUT2D eigenvalue weighted by Gasteiger charge is -2.39. The molecule has 1 heterocycles. The first kappa shape index (κ1) is 23.9. The molecule has 0 spiro atoms. The number of hydrogen-bond donors (Lipinski definition) is 0. The molecule has 0 N–H and O–H groups in total. The van der Waals surface area contributed by atoms with Crippen LogP contribution in [0.15, 0.2) is 17.0 Å². The van der Waals surface area contributed by atoms with Crippen LogP contribution in [0, 0.1) is 13.8 Å². The summed E-state index contributed by atoms with van der Waals surface area (Å²) in [4.78, 5) is 26.3. The number of carbonyl (C=O) groups is 2. The van der Waals surface area contributed by atoms with Crippen molar-refractivity contribution in [2.24, 2.45) is 0 Å². The molecule has 2 rings (SSSR count). The van der Waals surface area contributed by atoms with Crippen LogP contribution in [0.5, 0.6) is 5.75 Å². The van der Waals surface area contributed by atoms with Gasteiger partial charge in [-0.25, -0.2) is 13.2 Å². The highest BCUT2D eigenvalue weighted by atomic mass is 32.2. The molecule has 0 bridgehead atoms. The number of carbonyl (C=O) groups excluding carboxylic acids is 2. The van der Waals surface area contributed by atoms with Crippen LogP contribution < -0.4 is 4.74 Å². The van der Waals surface area contributed by atoms with E-state index in [1.807, 2.05) is 0 Å². The van der Waals surface area contributed by atoms with Crippen LogP contribution in [0.4, 0.5) is 4.79 Å². The van der Waals surface area contributed by atoms with E-state index in [4.69, 9.17) is 14.2 Å². The van der Waals surface area contributed by atoms with E-state index in [0.717, 1.165) is 4.31 Å². The lowest BCUT2D eigenvalue weighted by Crippen LogP contribution is -2.60. The van der Waals surface area contributed by atoms with Crippen LogP contribution in [-0.2, 0) is 24.3 Å². The van der Waals surface area contributed by atoms with Crippen LogP contribution in [-0.4, -0.2) is 75.2 Å². The molecule has 1 atom stereocenters. The van der Waals surface area contributed by atoms with Crippen molar-refractivity contribution >= 4 is 22.1 Å². The van der Waals surface area contributed by atoms with Gasteiger partial charge in [-0.05, 0) is 57.9 Å². The summed E-state index contributed by atoms with van der Waals surface area (Å²) in [6, 6.07) is 2.08. The highest BCUT2D eigenvalue weighted by Gasteiger charge is 2.43. The van der Waals surface area contributed by atoms with Crippen molar-refractivity contribution in [3.8, 4) is 5.75 Å². The molecule has 0 saturated carbocycles. The summed E-state index contributed by atoms with van der Waals surface area (Å²) < 4.78 is 43.5. The molecule has 1 saturated heterocycles. The Morgan fingerprint density at radius 1 is 1.07 bits per heavy atom. The summed E-state index contributed by atoms with van der Waals surface area (Å²) in [5.41, 5.74) is 0.299. The minimum absolute atomic E-state index is 0.0632. The Kier molecular flexibility index (Phi) is 7.03. The fraction of sp³-hybridized carbons (Fsp3) is 0.600. The normalized spacial score (nSPS) is 18.1. The number of hydrogen-bond acceptors (Lipinski definition) is 7. The molecule has 1 fully saturated rings. The summed E-state index contributed by atoms with van der Waals surface area (Å²) >= 11 is 0. The summed E-state index contributed by atoms with van der Waals surface area (Å²) in [7, 11) is -1.35. The number of esters is 1. The van der Waals surface area contributed by atoms with E-state index >= 15 is 0 Å². The number of benzene rings is 1. The summed E-state index contributed by atoms with van der Waals surface area (Å²) in [6.07, 6.45) is -0.606. The molecule has 1 unspecified atom stereocenters. The maximum Gasteiger partial charge on any atom is 0.410 e. The van der Waals surface area contributed by atoms with Gasteiger partial charge in [-0.2, -0.15) is 4.31 Å². The van der Waals surface area contributed by atoms with Gasteiger partial charge in [0, 0.05) is 13.1 Å². The van der Waals surface area contributed by atoms with Gasteiger partial charge in [-0.1, -0.05) is 0 Å².